The van der Waals surface area contributed by atoms with Crippen LogP contribution in [0.4, 0.5) is 17.5 Å². The third-order valence-corrected chi connectivity index (χ3v) is 3.76. The van der Waals surface area contributed by atoms with E-state index in [1.54, 1.807) is 18.2 Å². The molecule has 1 N–H and O–H groups in total. The summed E-state index contributed by atoms with van der Waals surface area (Å²) < 4.78 is 0. The molecule has 6 heteroatoms. The smallest absolute Gasteiger partial charge is 0.229 e. The van der Waals surface area contributed by atoms with Crippen LogP contribution >= 0.6 is 23.2 Å². The van der Waals surface area contributed by atoms with Crippen LogP contribution < -0.4 is 10.2 Å². The van der Waals surface area contributed by atoms with Crippen molar-refractivity contribution in [1.29, 1.82) is 0 Å². The molecule has 0 aliphatic carbocycles. The van der Waals surface area contributed by atoms with Crippen LogP contribution in [0.1, 0.15) is 19.5 Å². The molecule has 0 unspecified atom stereocenters. The zero-order chi connectivity index (χ0) is 15.4. The Morgan fingerprint density at radius 2 is 1.71 bits per heavy atom. The Hall–Kier alpha value is -1.52. The number of anilines is 3. The van der Waals surface area contributed by atoms with Crippen LogP contribution in [-0.2, 0) is 0 Å². The predicted octanol–water partition coefficient (Wildman–Crippen LogP) is 4.68. The number of para-hydroxylation sites is 1. The van der Waals surface area contributed by atoms with Gasteiger partial charge in [-0.15, -0.1) is 0 Å². The van der Waals surface area contributed by atoms with Gasteiger partial charge < -0.3 is 10.2 Å². The average molecular weight is 325 g/mol. The van der Waals surface area contributed by atoms with Crippen LogP contribution in [0, 0.1) is 6.92 Å². The first-order valence-electron chi connectivity index (χ1n) is 6.86. The minimum Gasteiger partial charge on any atom is -0.357 e. The highest BCUT2D eigenvalue weighted by Crippen LogP contribution is 2.32. The second-order valence-corrected chi connectivity index (χ2v) is 5.40. The molecule has 112 valence electrons. The maximum absolute atomic E-state index is 6.16. The van der Waals surface area contributed by atoms with E-state index in [0.717, 1.165) is 24.6 Å². The van der Waals surface area contributed by atoms with Gasteiger partial charge in [0.25, 0.3) is 0 Å². The van der Waals surface area contributed by atoms with E-state index in [1.165, 1.54) is 0 Å². The Bertz CT molecular complexity index is 607. The van der Waals surface area contributed by atoms with Crippen LogP contribution in [0.2, 0.25) is 10.0 Å². The van der Waals surface area contributed by atoms with E-state index in [1.807, 2.05) is 13.0 Å². The molecule has 0 saturated heterocycles. The van der Waals surface area contributed by atoms with Crippen molar-refractivity contribution in [3.05, 3.63) is 40.0 Å². The van der Waals surface area contributed by atoms with Crippen LogP contribution in [0.15, 0.2) is 24.3 Å². The highest BCUT2D eigenvalue weighted by Gasteiger charge is 2.11. The van der Waals surface area contributed by atoms with E-state index >= 15 is 0 Å². The summed E-state index contributed by atoms with van der Waals surface area (Å²) >= 11 is 12.3. The Kier molecular flexibility index (Phi) is 5.26. The summed E-state index contributed by atoms with van der Waals surface area (Å²) in [6.07, 6.45) is 0. The lowest BCUT2D eigenvalue weighted by Crippen LogP contribution is -2.23. The first kappa shape index (κ1) is 15.9. The van der Waals surface area contributed by atoms with E-state index in [0.29, 0.717) is 21.7 Å². The molecule has 0 amide bonds. The van der Waals surface area contributed by atoms with Gasteiger partial charge in [0, 0.05) is 24.8 Å². The fourth-order valence-corrected chi connectivity index (χ4v) is 2.54. The van der Waals surface area contributed by atoms with Gasteiger partial charge >= 0.3 is 0 Å². The number of halogens is 2. The van der Waals surface area contributed by atoms with E-state index in [-0.39, 0.29) is 0 Å². The van der Waals surface area contributed by atoms with Crippen molar-refractivity contribution in [2.45, 2.75) is 20.8 Å². The van der Waals surface area contributed by atoms with Gasteiger partial charge in [0.2, 0.25) is 5.95 Å². The molecule has 2 rings (SSSR count). The minimum absolute atomic E-state index is 0.493. The zero-order valence-electron chi connectivity index (χ0n) is 12.3. The SMILES string of the molecule is CCN(CC)c1cc(C)nc(Nc2c(Cl)cccc2Cl)n1. The minimum atomic E-state index is 0.493. The number of aromatic nitrogens is 2. The summed E-state index contributed by atoms with van der Waals surface area (Å²) in [5.41, 5.74) is 1.51. The van der Waals surface area contributed by atoms with Gasteiger partial charge in [-0.2, -0.15) is 4.98 Å². The molecular weight excluding hydrogens is 307 g/mol. The maximum atomic E-state index is 6.16. The zero-order valence-corrected chi connectivity index (χ0v) is 13.8. The van der Waals surface area contributed by atoms with E-state index in [2.05, 4.69) is 34.0 Å². The van der Waals surface area contributed by atoms with Crippen molar-refractivity contribution in [3.63, 3.8) is 0 Å². The molecule has 0 aliphatic heterocycles. The lowest BCUT2D eigenvalue weighted by atomic mass is 10.3. The number of nitrogens with zero attached hydrogens (tertiary/aromatic N) is 3. The first-order chi connectivity index (χ1) is 10.0. The standard InChI is InChI=1S/C15H18Cl2N4/c1-4-21(5-2)13-9-10(3)18-15(19-13)20-14-11(16)7-6-8-12(14)17/h6-9H,4-5H2,1-3H3,(H,18,19,20). The molecule has 0 saturated carbocycles. The van der Waals surface area contributed by atoms with Crippen LogP contribution in [-0.4, -0.2) is 23.1 Å². The summed E-state index contributed by atoms with van der Waals surface area (Å²) in [7, 11) is 0. The van der Waals surface area contributed by atoms with Gasteiger partial charge in [-0.25, -0.2) is 4.98 Å². The number of aryl methyl sites for hydroxylation is 1. The molecule has 0 fully saturated rings. The second-order valence-electron chi connectivity index (χ2n) is 4.59. The average Bonchev–Trinajstić information content (AvgIpc) is 2.44. The van der Waals surface area contributed by atoms with Crippen molar-refractivity contribution in [2.75, 3.05) is 23.3 Å². The van der Waals surface area contributed by atoms with Gasteiger partial charge in [0.05, 0.1) is 15.7 Å². The van der Waals surface area contributed by atoms with E-state index in [9.17, 15) is 0 Å². The molecule has 0 atom stereocenters. The van der Waals surface area contributed by atoms with Crippen molar-refractivity contribution in [1.82, 2.24) is 9.97 Å². The quantitative estimate of drug-likeness (QED) is 0.866. The summed E-state index contributed by atoms with van der Waals surface area (Å²) in [5, 5.41) is 4.19. The Morgan fingerprint density at radius 1 is 1.10 bits per heavy atom. The van der Waals surface area contributed by atoms with Crippen LogP contribution in [0.25, 0.3) is 0 Å². The maximum Gasteiger partial charge on any atom is 0.229 e. The number of nitrogens with one attached hydrogen (secondary N) is 1. The lowest BCUT2D eigenvalue weighted by Gasteiger charge is -2.21. The third-order valence-electron chi connectivity index (χ3n) is 3.13. The molecule has 1 heterocycles. The molecule has 1 aromatic carbocycles. The molecular formula is C15H18Cl2N4. The molecule has 0 bridgehead atoms. The van der Waals surface area contributed by atoms with Crippen LogP contribution in [0.3, 0.4) is 0 Å². The highest BCUT2D eigenvalue weighted by molar-refractivity contribution is 6.39. The normalized spacial score (nSPS) is 10.5. The topological polar surface area (TPSA) is 41.1 Å². The number of hydrogen-bond acceptors (Lipinski definition) is 4. The third kappa shape index (κ3) is 3.77. The summed E-state index contributed by atoms with van der Waals surface area (Å²) in [6, 6.07) is 7.31. The fourth-order valence-electron chi connectivity index (χ4n) is 2.05. The number of rotatable bonds is 5. The molecule has 4 nitrogen and oxygen atoms in total. The molecule has 0 aliphatic rings. The van der Waals surface area contributed by atoms with Gasteiger partial charge in [0.1, 0.15) is 5.82 Å². The van der Waals surface area contributed by atoms with E-state index in [4.69, 9.17) is 23.2 Å². The molecule has 2 aromatic rings. The number of benzene rings is 1. The summed E-state index contributed by atoms with van der Waals surface area (Å²) in [6.45, 7) is 7.91. The fraction of sp³-hybridized carbons (Fsp3) is 0.333. The van der Waals surface area contributed by atoms with Gasteiger partial charge in [-0.3, -0.25) is 0 Å². The first-order valence-corrected chi connectivity index (χ1v) is 7.62. The van der Waals surface area contributed by atoms with Gasteiger partial charge in [0.15, 0.2) is 0 Å². The molecule has 21 heavy (non-hydrogen) atoms. The van der Waals surface area contributed by atoms with Crippen molar-refractivity contribution in [2.24, 2.45) is 0 Å². The van der Waals surface area contributed by atoms with Gasteiger partial charge in [-0.05, 0) is 32.9 Å². The Balaban J connectivity index is 2.36. The van der Waals surface area contributed by atoms with Crippen molar-refractivity contribution >= 4 is 40.7 Å². The largest absolute Gasteiger partial charge is 0.357 e. The summed E-state index contributed by atoms with van der Waals surface area (Å²) in [4.78, 5) is 11.1. The monoisotopic (exact) mass is 324 g/mol. The molecule has 0 radical (unpaired) electrons. The van der Waals surface area contributed by atoms with E-state index < -0.39 is 0 Å². The number of hydrogen-bond donors (Lipinski definition) is 1. The molecule has 1 aromatic heterocycles. The Morgan fingerprint density at radius 3 is 2.29 bits per heavy atom. The highest BCUT2D eigenvalue weighted by atomic mass is 35.5. The predicted molar refractivity (Wildman–Crippen MR) is 90.1 cm³/mol. The van der Waals surface area contributed by atoms with Gasteiger partial charge in [-0.1, -0.05) is 29.3 Å². The molecule has 0 spiro atoms. The van der Waals surface area contributed by atoms with Crippen LogP contribution in [0.5, 0.6) is 0 Å². The summed E-state index contributed by atoms with van der Waals surface area (Å²) in [5.74, 6) is 1.38. The van der Waals surface area contributed by atoms with Crippen molar-refractivity contribution < 1.29 is 0 Å². The second kappa shape index (κ2) is 6.96. The Labute approximate surface area is 135 Å². The van der Waals surface area contributed by atoms with Crippen molar-refractivity contribution in [3.8, 4) is 0 Å². The lowest BCUT2D eigenvalue weighted by molar-refractivity contribution is 0.840.